The highest BCUT2D eigenvalue weighted by Crippen LogP contribution is 2.36. The number of ether oxygens (including phenoxy) is 1. The van der Waals surface area contributed by atoms with Crippen LogP contribution in [0.15, 0.2) is 79.1 Å². The quantitative estimate of drug-likeness (QED) is 0.0594. The first-order chi connectivity index (χ1) is 32.8. The number of carbonyl (C=O) groups excluding carboxylic acids is 4. The minimum absolute atomic E-state index is 0.0141. The molecule has 3 aromatic carbocycles. The lowest BCUT2D eigenvalue weighted by atomic mass is 10.0. The van der Waals surface area contributed by atoms with Gasteiger partial charge in [0.1, 0.15) is 35.4 Å². The number of anilines is 2. The SMILES string of the molecule is Nc1ncnc2c1c(-c1ccc(Oc3ccccc3)cc1)nn2C1CCCN(C(=O)CCCN2CCN(CCCCCCCCNc3cccc4c3CN(C3CCC(=O)NC3=O)C4=O)CC2)C1. The number of benzene rings is 3. The normalized spacial score (nSPS) is 19.2. The summed E-state index contributed by atoms with van der Waals surface area (Å²) in [5, 5.41) is 11.7. The molecule has 4 aliphatic heterocycles. The molecule has 6 heterocycles. The molecule has 5 aromatic rings. The van der Waals surface area contributed by atoms with Crippen LogP contribution in [0.2, 0.25) is 0 Å². The van der Waals surface area contributed by atoms with Gasteiger partial charge in [-0.3, -0.25) is 24.5 Å². The zero-order valence-electron chi connectivity index (χ0n) is 38.4. The molecule has 67 heavy (non-hydrogen) atoms. The predicted molar refractivity (Wildman–Crippen MR) is 257 cm³/mol. The first-order valence-corrected chi connectivity index (χ1v) is 24.3. The molecule has 4 aliphatic rings. The first-order valence-electron chi connectivity index (χ1n) is 24.3. The Morgan fingerprint density at radius 2 is 1.52 bits per heavy atom. The van der Waals surface area contributed by atoms with Gasteiger partial charge in [-0.15, -0.1) is 0 Å². The zero-order chi connectivity index (χ0) is 46.1. The number of nitrogens with zero attached hydrogens (tertiary/aromatic N) is 8. The van der Waals surface area contributed by atoms with Crippen LogP contribution < -0.4 is 21.1 Å². The molecule has 0 radical (unpaired) electrons. The lowest BCUT2D eigenvalue weighted by Gasteiger charge is -2.35. The number of hydrogen-bond acceptors (Lipinski definition) is 12. The smallest absolute Gasteiger partial charge is 0.255 e. The van der Waals surface area contributed by atoms with Gasteiger partial charge in [0.15, 0.2) is 5.65 Å². The molecule has 0 aliphatic carbocycles. The molecule has 0 bridgehead atoms. The number of nitrogen functional groups attached to an aromatic ring is 1. The Labute approximate surface area is 392 Å². The molecule has 4 N–H and O–H groups in total. The van der Waals surface area contributed by atoms with Gasteiger partial charge >= 0.3 is 0 Å². The Morgan fingerprint density at radius 3 is 2.30 bits per heavy atom. The summed E-state index contributed by atoms with van der Waals surface area (Å²) >= 11 is 0. The molecule has 16 heteroatoms. The maximum absolute atomic E-state index is 13.6. The Balaban J connectivity index is 0.645. The molecular formula is C51H63N11O5. The predicted octanol–water partition coefficient (Wildman–Crippen LogP) is 6.64. The molecule has 0 spiro atoms. The van der Waals surface area contributed by atoms with Crippen molar-refractivity contribution in [3.63, 3.8) is 0 Å². The van der Waals surface area contributed by atoms with Crippen molar-refractivity contribution in [1.82, 2.24) is 44.7 Å². The van der Waals surface area contributed by atoms with Crippen molar-refractivity contribution in [2.75, 3.05) is 70.0 Å². The van der Waals surface area contributed by atoms with Crippen molar-refractivity contribution >= 4 is 46.2 Å². The third-order valence-electron chi connectivity index (χ3n) is 13.8. The highest BCUT2D eigenvalue weighted by Gasteiger charge is 2.40. The van der Waals surface area contributed by atoms with Crippen LogP contribution in [0.25, 0.3) is 22.3 Å². The average Bonchev–Trinajstić information content (AvgIpc) is 3.91. The lowest BCUT2D eigenvalue weighted by molar-refractivity contribution is -0.137. The van der Waals surface area contributed by atoms with Gasteiger partial charge in [-0.25, -0.2) is 14.6 Å². The monoisotopic (exact) mass is 910 g/mol. The Bertz CT molecular complexity index is 2520. The van der Waals surface area contributed by atoms with Crippen LogP contribution in [0.1, 0.15) is 99.0 Å². The van der Waals surface area contributed by atoms with Gasteiger partial charge in [0.05, 0.1) is 11.4 Å². The van der Waals surface area contributed by atoms with Crippen LogP contribution in [-0.2, 0) is 20.9 Å². The van der Waals surface area contributed by atoms with Gasteiger partial charge in [-0.05, 0) is 100 Å². The van der Waals surface area contributed by atoms with Gasteiger partial charge in [0, 0.05) is 87.6 Å². The number of piperazine rings is 1. The molecule has 3 saturated heterocycles. The molecule has 2 aromatic heterocycles. The second kappa shape index (κ2) is 21.5. The van der Waals surface area contributed by atoms with Gasteiger partial charge in [0.25, 0.3) is 5.91 Å². The van der Waals surface area contributed by atoms with E-state index in [9.17, 15) is 19.2 Å². The number of amides is 4. The van der Waals surface area contributed by atoms with Crippen LogP contribution in [-0.4, -0.2) is 128 Å². The van der Waals surface area contributed by atoms with E-state index in [0.29, 0.717) is 43.0 Å². The Hall–Kier alpha value is -6.39. The first kappa shape index (κ1) is 45.8. The molecule has 9 rings (SSSR count). The number of hydrogen-bond donors (Lipinski definition) is 3. The Morgan fingerprint density at radius 1 is 0.791 bits per heavy atom. The maximum Gasteiger partial charge on any atom is 0.255 e. The van der Waals surface area contributed by atoms with Crippen LogP contribution in [0, 0.1) is 0 Å². The van der Waals surface area contributed by atoms with E-state index in [1.807, 2.05) is 82.4 Å². The summed E-state index contributed by atoms with van der Waals surface area (Å²) in [6.45, 7) is 8.89. The van der Waals surface area contributed by atoms with E-state index in [4.69, 9.17) is 15.6 Å². The van der Waals surface area contributed by atoms with Crippen molar-refractivity contribution in [3.8, 4) is 22.8 Å². The van der Waals surface area contributed by atoms with Crippen molar-refractivity contribution in [2.45, 2.75) is 95.7 Å². The molecule has 4 amide bonds. The molecule has 352 valence electrons. The summed E-state index contributed by atoms with van der Waals surface area (Å²) in [6.07, 6.45) is 12.4. The number of fused-ring (bicyclic) bond motifs is 2. The second-order valence-corrected chi connectivity index (χ2v) is 18.4. The number of nitrogens with two attached hydrogens (primary N) is 1. The molecule has 3 fully saturated rings. The summed E-state index contributed by atoms with van der Waals surface area (Å²) in [6, 6.07) is 22.6. The zero-order valence-corrected chi connectivity index (χ0v) is 38.4. The standard InChI is InChI=1S/C51H63N11O5/c52-48-46-47(36-19-21-39(22-20-36)67-38-14-6-5-7-15-38)57-62(49(46)55-35-54-48)37-13-11-28-60(33-37)45(64)18-12-27-59-31-29-58(30-32-59)26-9-4-2-1-3-8-25-53-42-17-10-16-40-41(42)34-61(51(40)66)43-23-24-44(63)56-50(43)65/h5-7,10,14-17,19-22,35,37,43,53H,1-4,8-9,11-13,18,23-34H2,(H2,52,54,55)(H,56,63,65). The third kappa shape index (κ3) is 10.9. The number of nitrogens with one attached hydrogen (secondary N) is 2. The molecule has 16 nitrogen and oxygen atoms in total. The number of piperidine rings is 2. The van der Waals surface area contributed by atoms with Gasteiger partial charge < -0.3 is 35.4 Å². The highest BCUT2D eigenvalue weighted by atomic mass is 16.5. The lowest BCUT2D eigenvalue weighted by Crippen LogP contribution is -2.52. The van der Waals surface area contributed by atoms with Crippen LogP contribution in [0.4, 0.5) is 11.5 Å². The van der Waals surface area contributed by atoms with E-state index in [0.717, 1.165) is 124 Å². The minimum Gasteiger partial charge on any atom is -0.457 e. The number of unbranched alkanes of at least 4 members (excludes halogenated alkanes) is 5. The summed E-state index contributed by atoms with van der Waals surface area (Å²) < 4.78 is 7.97. The van der Waals surface area contributed by atoms with E-state index in [1.165, 1.54) is 32.0 Å². The van der Waals surface area contributed by atoms with Crippen LogP contribution >= 0.6 is 0 Å². The van der Waals surface area contributed by atoms with E-state index in [1.54, 1.807) is 4.90 Å². The summed E-state index contributed by atoms with van der Waals surface area (Å²) in [7, 11) is 0. The van der Waals surface area contributed by atoms with Gasteiger partial charge in [0.2, 0.25) is 17.7 Å². The largest absolute Gasteiger partial charge is 0.457 e. The van der Waals surface area contributed by atoms with Crippen LogP contribution in [0.3, 0.4) is 0 Å². The number of imide groups is 1. The highest BCUT2D eigenvalue weighted by molar-refractivity contribution is 6.06. The number of aromatic nitrogens is 4. The van der Waals surface area contributed by atoms with Crippen molar-refractivity contribution in [1.29, 1.82) is 0 Å². The fourth-order valence-electron chi connectivity index (χ4n) is 10.1. The summed E-state index contributed by atoms with van der Waals surface area (Å²) in [5.74, 6) is 1.28. The van der Waals surface area contributed by atoms with Crippen molar-refractivity contribution in [2.24, 2.45) is 0 Å². The van der Waals surface area contributed by atoms with Crippen LogP contribution in [0.5, 0.6) is 11.5 Å². The number of para-hydroxylation sites is 1. The second-order valence-electron chi connectivity index (χ2n) is 18.4. The van der Waals surface area contributed by atoms with Crippen molar-refractivity contribution < 1.29 is 23.9 Å². The maximum atomic E-state index is 13.6. The van der Waals surface area contributed by atoms with E-state index >= 15 is 0 Å². The fourth-order valence-corrected chi connectivity index (χ4v) is 10.1. The number of rotatable bonds is 19. The minimum atomic E-state index is -0.602. The summed E-state index contributed by atoms with van der Waals surface area (Å²) in [4.78, 5) is 68.4. The topological polar surface area (TPSA) is 184 Å². The molecule has 2 unspecified atom stereocenters. The fraction of sp³-hybridized carbons (Fsp3) is 0.471. The van der Waals surface area contributed by atoms with E-state index in [-0.39, 0.29) is 36.1 Å². The number of likely N-dealkylation sites (tertiary alicyclic amines) is 1. The Kier molecular flexibility index (Phi) is 14.7. The van der Waals surface area contributed by atoms with E-state index in [2.05, 4.69) is 30.4 Å². The van der Waals surface area contributed by atoms with E-state index < -0.39 is 6.04 Å². The van der Waals surface area contributed by atoms with Gasteiger partial charge in [-0.2, -0.15) is 5.10 Å². The summed E-state index contributed by atoms with van der Waals surface area (Å²) in [5.41, 5.74) is 11.3. The van der Waals surface area contributed by atoms with Crippen molar-refractivity contribution in [3.05, 3.63) is 90.3 Å². The third-order valence-corrected chi connectivity index (χ3v) is 13.8. The molecular weight excluding hydrogens is 847 g/mol. The molecule has 2 atom stereocenters. The molecule has 0 saturated carbocycles. The number of carbonyl (C=O) groups is 4. The van der Waals surface area contributed by atoms with Gasteiger partial charge in [-0.1, -0.05) is 49.9 Å². The average molecular weight is 910 g/mol.